The van der Waals surface area contributed by atoms with Crippen LogP contribution in [0.3, 0.4) is 0 Å². The van der Waals surface area contributed by atoms with Gasteiger partial charge in [-0.1, -0.05) is 12.1 Å². The lowest BCUT2D eigenvalue weighted by atomic mass is 9.93. The van der Waals surface area contributed by atoms with E-state index in [0.29, 0.717) is 39.0 Å². The van der Waals surface area contributed by atoms with Crippen molar-refractivity contribution in [1.82, 2.24) is 24.9 Å². The Labute approximate surface area is 189 Å². The van der Waals surface area contributed by atoms with E-state index in [1.807, 2.05) is 52.0 Å². The molecule has 8 heteroatoms. The van der Waals surface area contributed by atoms with Crippen LogP contribution < -0.4 is 10.1 Å². The number of ether oxygens (including phenoxy) is 1. The van der Waals surface area contributed by atoms with Crippen LogP contribution in [0.15, 0.2) is 30.5 Å². The molecule has 0 radical (unpaired) electrons. The molecule has 1 N–H and O–H groups in total. The van der Waals surface area contributed by atoms with Crippen LogP contribution in [-0.4, -0.2) is 64.8 Å². The highest BCUT2D eigenvalue weighted by Gasteiger charge is 2.28. The van der Waals surface area contributed by atoms with Crippen LogP contribution in [-0.2, 0) is 24.7 Å². The number of hydrogen-bond donors (Lipinski definition) is 1. The molecule has 3 amide bonds. The fourth-order valence-electron chi connectivity index (χ4n) is 4.67. The molecule has 2 aliphatic rings. The zero-order chi connectivity index (χ0) is 22.5. The summed E-state index contributed by atoms with van der Waals surface area (Å²) >= 11 is 0. The summed E-state index contributed by atoms with van der Waals surface area (Å²) in [5.41, 5.74) is 3.47. The number of urea groups is 1. The van der Waals surface area contributed by atoms with Crippen molar-refractivity contribution >= 4 is 11.9 Å². The summed E-state index contributed by atoms with van der Waals surface area (Å²) in [6.07, 6.45) is 6.86. The second kappa shape index (κ2) is 10.1. The number of nitrogens with zero attached hydrogens (tertiary/aromatic N) is 4. The molecule has 32 heavy (non-hydrogen) atoms. The smallest absolute Gasteiger partial charge is 0.317 e. The van der Waals surface area contributed by atoms with E-state index >= 15 is 0 Å². The van der Waals surface area contributed by atoms with E-state index in [1.54, 1.807) is 7.11 Å². The Bertz CT molecular complexity index is 940. The van der Waals surface area contributed by atoms with E-state index in [2.05, 4.69) is 10.4 Å². The Hall–Kier alpha value is -3.03. The summed E-state index contributed by atoms with van der Waals surface area (Å²) in [7, 11) is 3.60. The Kier molecular flexibility index (Phi) is 6.97. The number of methoxy groups -OCH3 is 1. The van der Waals surface area contributed by atoms with Crippen molar-refractivity contribution in [3.63, 3.8) is 0 Å². The van der Waals surface area contributed by atoms with Gasteiger partial charge in [-0.3, -0.25) is 9.48 Å². The van der Waals surface area contributed by atoms with E-state index in [9.17, 15) is 9.59 Å². The lowest BCUT2D eigenvalue weighted by Gasteiger charge is -2.28. The quantitative estimate of drug-likeness (QED) is 0.777. The highest BCUT2D eigenvalue weighted by Crippen LogP contribution is 2.29. The first-order chi connectivity index (χ1) is 15.5. The maximum Gasteiger partial charge on any atom is 0.317 e. The fourth-order valence-corrected chi connectivity index (χ4v) is 4.67. The molecule has 1 aliphatic carbocycles. The van der Waals surface area contributed by atoms with Crippen LogP contribution in [0.5, 0.6) is 5.75 Å². The van der Waals surface area contributed by atoms with Crippen LogP contribution in [0, 0.1) is 0 Å². The summed E-state index contributed by atoms with van der Waals surface area (Å²) in [5.74, 6) is 0.967. The molecule has 2 aromatic rings. The number of nitrogens with one attached hydrogen (secondary N) is 1. The molecule has 1 fully saturated rings. The average Bonchev–Trinajstić information content (AvgIpc) is 3.03. The summed E-state index contributed by atoms with van der Waals surface area (Å²) in [6.45, 7) is 2.51. The first-order valence-corrected chi connectivity index (χ1v) is 11.5. The van der Waals surface area contributed by atoms with E-state index in [-0.39, 0.29) is 18.0 Å². The molecule has 1 aliphatic heterocycles. The van der Waals surface area contributed by atoms with Gasteiger partial charge in [-0.25, -0.2) is 4.79 Å². The molecular formula is C24H33N5O3. The summed E-state index contributed by atoms with van der Waals surface area (Å²) in [4.78, 5) is 29.5. The van der Waals surface area contributed by atoms with Crippen LogP contribution in [0.4, 0.5) is 4.79 Å². The molecule has 0 saturated carbocycles. The van der Waals surface area contributed by atoms with E-state index in [4.69, 9.17) is 4.74 Å². The average molecular weight is 440 g/mol. The lowest BCUT2D eigenvalue weighted by molar-refractivity contribution is -0.131. The van der Waals surface area contributed by atoms with E-state index in [1.165, 1.54) is 5.69 Å². The monoisotopic (exact) mass is 439 g/mol. The molecule has 1 aromatic carbocycles. The third-order valence-corrected chi connectivity index (χ3v) is 6.60. The van der Waals surface area contributed by atoms with Crippen LogP contribution >= 0.6 is 0 Å². The minimum absolute atomic E-state index is 0.0189. The zero-order valence-electron chi connectivity index (χ0n) is 19.0. The minimum Gasteiger partial charge on any atom is -0.497 e. The summed E-state index contributed by atoms with van der Waals surface area (Å²) < 4.78 is 7.09. The Balaban J connectivity index is 1.27. The maximum atomic E-state index is 12.9. The van der Waals surface area contributed by atoms with Gasteiger partial charge in [-0.05, 0) is 49.8 Å². The number of amides is 3. The predicted molar refractivity (Wildman–Crippen MR) is 122 cm³/mol. The van der Waals surface area contributed by atoms with Crippen molar-refractivity contribution < 1.29 is 14.3 Å². The molecule has 172 valence electrons. The van der Waals surface area contributed by atoms with Gasteiger partial charge in [-0.15, -0.1) is 0 Å². The Morgan fingerprint density at radius 1 is 1.09 bits per heavy atom. The van der Waals surface area contributed by atoms with Crippen molar-refractivity contribution in [2.75, 3.05) is 33.3 Å². The summed E-state index contributed by atoms with van der Waals surface area (Å²) in [5, 5.41) is 7.57. The first-order valence-electron chi connectivity index (χ1n) is 11.5. The predicted octanol–water partition coefficient (Wildman–Crippen LogP) is 2.68. The third-order valence-electron chi connectivity index (χ3n) is 6.60. The molecule has 0 spiro atoms. The Morgan fingerprint density at radius 3 is 2.62 bits per heavy atom. The second-order valence-corrected chi connectivity index (χ2v) is 8.63. The maximum absolute atomic E-state index is 12.9. The third kappa shape index (κ3) is 5.06. The van der Waals surface area contributed by atoms with Crippen molar-refractivity contribution in [1.29, 1.82) is 0 Å². The number of carbonyl (C=O) groups excluding carboxylic acids is 2. The van der Waals surface area contributed by atoms with E-state index < -0.39 is 0 Å². The van der Waals surface area contributed by atoms with Crippen molar-refractivity contribution in [3.05, 3.63) is 47.3 Å². The van der Waals surface area contributed by atoms with Gasteiger partial charge in [0, 0.05) is 50.9 Å². The van der Waals surface area contributed by atoms with Gasteiger partial charge < -0.3 is 19.9 Å². The molecule has 0 bridgehead atoms. The molecule has 1 unspecified atom stereocenters. The highest BCUT2D eigenvalue weighted by atomic mass is 16.5. The number of rotatable bonds is 5. The SMILES string of the molecule is COc1ccc(CCC(=O)N2CCCN(C(=O)NC3CCCc4c3cnn4C)CC2)cc1. The van der Waals surface area contributed by atoms with Crippen molar-refractivity contribution in [2.45, 2.75) is 44.6 Å². The van der Waals surface area contributed by atoms with Gasteiger partial charge in [0.25, 0.3) is 0 Å². The summed E-state index contributed by atoms with van der Waals surface area (Å²) in [6, 6.07) is 7.81. The fraction of sp³-hybridized carbons (Fsp3) is 0.542. The van der Waals surface area contributed by atoms with Gasteiger partial charge in [0.2, 0.25) is 5.91 Å². The topological polar surface area (TPSA) is 79.7 Å². The molecule has 1 aromatic heterocycles. The number of hydrogen-bond acceptors (Lipinski definition) is 4. The van der Waals surface area contributed by atoms with Gasteiger partial charge in [0.1, 0.15) is 5.75 Å². The number of aryl methyl sites for hydroxylation is 2. The first kappa shape index (κ1) is 22.2. The van der Waals surface area contributed by atoms with Crippen molar-refractivity contribution in [3.8, 4) is 5.75 Å². The van der Waals surface area contributed by atoms with Crippen molar-refractivity contribution in [2.24, 2.45) is 7.05 Å². The van der Waals surface area contributed by atoms with Crippen LogP contribution in [0.1, 0.15) is 48.5 Å². The molecule has 4 rings (SSSR count). The van der Waals surface area contributed by atoms with Crippen LogP contribution in [0.2, 0.25) is 0 Å². The standard InChI is InChI=1S/C24H33N5O3/c1-27-22-6-3-5-21(20(22)17-25-27)26-24(31)29-14-4-13-28(15-16-29)23(30)12-9-18-7-10-19(32-2)11-8-18/h7-8,10-11,17,21H,3-6,9,12-16H2,1-2H3,(H,26,31). The van der Waals surface area contributed by atoms with Gasteiger partial charge >= 0.3 is 6.03 Å². The lowest BCUT2D eigenvalue weighted by Crippen LogP contribution is -2.44. The number of aromatic nitrogens is 2. The highest BCUT2D eigenvalue weighted by molar-refractivity contribution is 5.77. The van der Waals surface area contributed by atoms with Gasteiger partial charge in [-0.2, -0.15) is 5.10 Å². The molecule has 2 heterocycles. The number of carbonyl (C=O) groups is 2. The number of fused-ring (bicyclic) bond motifs is 1. The van der Waals surface area contributed by atoms with Crippen LogP contribution in [0.25, 0.3) is 0 Å². The molecule has 1 saturated heterocycles. The molecule has 8 nitrogen and oxygen atoms in total. The van der Waals surface area contributed by atoms with Gasteiger partial charge in [0.15, 0.2) is 0 Å². The van der Waals surface area contributed by atoms with Gasteiger partial charge in [0.05, 0.1) is 19.3 Å². The molecule has 1 atom stereocenters. The Morgan fingerprint density at radius 2 is 1.84 bits per heavy atom. The largest absolute Gasteiger partial charge is 0.497 e. The molecular weight excluding hydrogens is 406 g/mol. The normalized spacial score (nSPS) is 18.6. The zero-order valence-corrected chi connectivity index (χ0v) is 19.0. The second-order valence-electron chi connectivity index (χ2n) is 8.63. The van der Waals surface area contributed by atoms with E-state index in [0.717, 1.165) is 42.6 Å². The minimum atomic E-state index is -0.0424. The number of benzene rings is 1.